The molecule has 0 atom stereocenters. The lowest BCUT2D eigenvalue weighted by Gasteiger charge is -2.22. The number of carbonyl (C=O) groups is 1. The molecule has 0 aliphatic rings. The summed E-state index contributed by atoms with van der Waals surface area (Å²) in [5, 5.41) is 5.96. The minimum atomic E-state index is -0.679. The summed E-state index contributed by atoms with van der Waals surface area (Å²) in [6, 6.07) is 0. The molecule has 1 heterocycles. The number of hydrogen-bond donors (Lipinski definition) is 3. The Morgan fingerprint density at radius 1 is 1.19 bits per heavy atom. The summed E-state index contributed by atoms with van der Waals surface area (Å²) in [6.07, 6.45) is 0. The number of carbonyl (C=O) groups excluding carboxylic acids is 1. The molecule has 0 aliphatic carbocycles. The average molecular weight is 295 g/mol. The molecule has 1 amide bonds. The summed E-state index contributed by atoms with van der Waals surface area (Å²) in [7, 11) is 1.75. The van der Waals surface area contributed by atoms with E-state index in [2.05, 4.69) is 25.6 Å². The lowest BCUT2D eigenvalue weighted by molar-refractivity contribution is -0.125. The maximum Gasteiger partial charge on any atom is 0.231 e. The van der Waals surface area contributed by atoms with E-state index in [0.29, 0.717) is 24.4 Å². The molecule has 8 heteroatoms. The third-order valence-electron chi connectivity index (χ3n) is 3.25. The molecule has 1 aromatic heterocycles. The number of nitrogens with one attached hydrogen (secondary N) is 2. The highest BCUT2D eigenvalue weighted by Crippen LogP contribution is 2.17. The highest BCUT2D eigenvalue weighted by molar-refractivity contribution is 5.80. The SMILES string of the molecule is CCN(CC)c1nc(NC)nc(NCC(C)(C)C(N)=O)n1. The van der Waals surface area contributed by atoms with Crippen molar-refractivity contribution < 1.29 is 4.79 Å². The van der Waals surface area contributed by atoms with Gasteiger partial charge in [0.25, 0.3) is 0 Å². The molecule has 1 aromatic rings. The van der Waals surface area contributed by atoms with Gasteiger partial charge in [0.1, 0.15) is 0 Å². The Balaban J connectivity index is 2.96. The van der Waals surface area contributed by atoms with Crippen LogP contribution >= 0.6 is 0 Å². The van der Waals surface area contributed by atoms with Crippen molar-refractivity contribution in [3.8, 4) is 0 Å². The van der Waals surface area contributed by atoms with Gasteiger partial charge < -0.3 is 21.3 Å². The average Bonchev–Trinajstić information content (AvgIpc) is 2.46. The summed E-state index contributed by atoms with van der Waals surface area (Å²) in [6.45, 7) is 9.58. The maximum absolute atomic E-state index is 11.3. The van der Waals surface area contributed by atoms with Crippen LogP contribution in [0.25, 0.3) is 0 Å². The second kappa shape index (κ2) is 7.05. The monoisotopic (exact) mass is 295 g/mol. The van der Waals surface area contributed by atoms with Crippen LogP contribution < -0.4 is 21.3 Å². The number of aromatic nitrogens is 3. The summed E-state index contributed by atoms with van der Waals surface area (Å²) in [4.78, 5) is 26.3. The van der Waals surface area contributed by atoms with Gasteiger partial charge >= 0.3 is 0 Å². The topological polar surface area (TPSA) is 109 Å². The van der Waals surface area contributed by atoms with Crippen molar-refractivity contribution in [2.24, 2.45) is 11.1 Å². The Kier molecular flexibility index (Phi) is 5.69. The first-order valence-corrected chi connectivity index (χ1v) is 7.06. The van der Waals surface area contributed by atoms with Gasteiger partial charge in [0.15, 0.2) is 0 Å². The molecule has 0 saturated carbocycles. The van der Waals surface area contributed by atoms with Crippen LogP contribution in [0.4, 0.5) is 17.8 Å². The van der Waals surface area contributed by atoms with Crippen LogP contribution in [0.5, 0.6) is 0 Å². The molecule has 0 spiro atoms. The van der Waals surface area contributed by atoms with Crippen LogP contribution in [0.15, 0.2) is 0 Å². The van der Waals surface area contributed by atoms with E-state index >= 15 is 0 Å². The molecule has 0 fully saturated rings. The Labute approximate surface area is 125 Å². The molecule has 0 aromatic carbocycles. The largest absolute Gasteiger partial charge is 0.369 e. The van der Waals surface area contributed by atoms with Gasteiger partial charge in [0.2, 0.25) is 23.8 Å². The number of rotatable bonds is 8. The quantitative estimate of drug-likeness (QED) is 0.647. The second-order valence-corrected chi connectivity index (χ2v) is 5.31. The maximum atomic E-state index is 11.3. The van der Waals surface area contributed by atoms with E-state index in [0.717, 1.165) is 13.1 Å². The fraction of sp³-hybridized carbons (Fsp3) is 0.692. The van der Waals surface area contributed by atoms with Crippen molar-refractivity contribution >= 4 is 23.8 Å². The Bertz CT molecular complexity index is 485. The van der Waals surface area contributed by atoms with E-state index in [1.807, 2.05) is 18.7 Å². The highest BCUT2D eigenvalue weighted by atomic mass is 16.1. The second-order valence-electron chi connectivity index (χ2n) is 5.31. The molecular formula is C13H25N7O. The van der Waals surface area contributed by atoms with Crippen molar-refractivity contribution in [3.63, 3.8) is 0 Å². The third-order valence-corrected chi connectivity index (χ3v) is 3.25. The van der Waals surface area contributed by atoms with E-state index in [-0.39, 0.29) is 5.91 Å². The van der Waals surface area contributed by atoms with Crippen LogP contribution in [-0.2, 0) is 4.79 Å². The fourth-order valence-corrected chi connectivity index (χ4v) is 1.59. The van der Waals surface area contributed by atoms with Gasteiger partial charge in [0.05, 0.1) is 5.41 Å². The molecule has 21 heavy (non-hydrogen) atoms. The van der Waals surface area contributed by atoms with Crippen LogP contribution in [0, 0.1) is 5.41 Å². The minimum Gasteiger partial charge on any atom is -0.369 e. The number of primary amides is 1. The molecule has 1 rings (SSSR count). The third kappa shape index (κ3) is 4.44. The number of hydrogen-bond acceptors (Lipinski definition) is 7. The van der Waals surface area contributed by atoms with Crippen molar-refractivity contribution in [3.05, 3.63) is 0 Å². The first-order valence-electron chi connectivity index (χ1n) is 7.06. The zero-order valence-corrected chi connectivity index (χ0v) is 13.4. The molecule has 0 unspecified atom stereocenters. The zero-order valence-electron chi connectivity index (χ0n) is 13.4. The molecular weight excluding hydrogens is 270 g/mol. The van der Waals surface area contributed by atoms with Gasteiger partial charge in [-0.15, -0.1) is 0 Å². The van der Waals surface area contributed by atoms with E-state index in [9.17, 15) is 4.79 Å². The van der Waals surface area contributed by atoms with Gasteiger partial charge in [-0.2, -0.15) is 15.0 Å². The molecule has 8 nitrogen and oxygen atoms in total. The number of amides is 1. The normalized spacial score (nSPS) is 11.1. The highest BCUT2D eigenvalue weighted by Gasteiger charge is 2.25. The Morgan fingerprint density at radius 2 is 1.76 bits per heavy atom. The van der Waals surface area contributed by atoms with E-state index in [4.69, 9.17) is 5.73 Å². The van der Waals surface area contributed by atoms with E-state index in [1.165, 1.54) is 0 Å². The lowest BCUT2D eigenvalue weighted by Crippen LogP contribution is -2.37. The van der Waals surface area contributed by atoms with Crippen molar-refractivity contribution in [2.45, 2.75) is 27.7 Å². The summed E-state index contributed by atoms with van der Waals surface area (Å²) in [5.41, 5.74) is 4.68. The molecule has 0 radical (unpaired) electrons. The van der Waals surface area contributed by atoms with Gasteiger partial charge in [-0.3, -0.25) is 4.79 Å². The molecule has 118 valence electrons. The van der Waals surface area contributed by atoms with Crippen LogP contribution in [0.1, 0.15) is 27.7 Å². The van der Waals surface area contributed by atoms with E-state index in [1.54, 1.807) is 20.9 Å². The lowest BCUT2D eigenvalue weighted by atomic mass is 9.93. The van der Waals surface area contributed by atoms with E-state index < -0.39 is 5.41 Å². The van der Waals surface area contributed by atoms with Crippen molar-refractivity contribution in [1.29, 1.82) is 0 Å². The zero-order chi connectivity index (χ0) is 16.0. The van der Waals surface area contributed by atoms with Gasteiger partial charge in [-0.25, -0.2) is 0 Å². The van der Waals surface area contributed by atoms with Crippen molar-refractivity contribution in [2.75, 3.05) is 42.2 Å². The number of anilines is 3. The number of nitrogens with two attached hydrogens (primary N) is 1. The first-order chi connectivity index (χ1) is 9.83. The number of nitrogens with zero attached hydrogens (tertiary/aromatic N) is 4. The molecule has 0 bridgehead atoms. The first kappa shape index (κ1) is 16.9. The van der Waals surface area contributed by atoms with Gasteiger partial charge in [-0.1, -0.05) is 0 Å². The Morgan fingerprint density at radius 3 is 2.24 bits per heavy atom. The standard InChI is InChI=1S/C13H25N7O/c1-6-20(7-2)12-18-10(15-5)17-11(19-12)16-8-13(3,4)9(14)21/h6-8H2,1-5H3,(H2,14,21)(H2,15,16,17,18,19). The summed E-state index contributed by atoms with van der Waals surface area (Å²) in [5.74, 6) is 1.12. The minimum absolute atomic E-state index is 0.354. The van der Waals surface area contributed by atoms with Gasteiger partial charge in [0, 0.05) is 26.7 Å². The molecule has 0 saturated heterocycles. The summed E-state index contributed by atoms with van der Waals surface area (Å²) >= 11 is 0. The smallest absolute Gasteiger partial charge is 0.231 e. The van der Waals surface area contributed by atoms with Crippen molar-refractivity contribution in [1.82, 2.24) is 15.0 Å². The molecule has 0 aliphatic heterocycles. The predicted octanol–water partition coefficient (Wildman–Crippen LogP) is 0.683. The fourth-order valence-electron chi connectivity index (χ4n) is 1.59. The van der Waals surface area contributed by atoms with Crippen LogP contribution in [0.3, 0.4) is 0 Å². The van der Waals surface area contributed by atoms with Crippen LogP contribution in [0.2, 0.25) is 0 Å². The molecule has 4 N–H and O–H groups in total. The van der Waals surface area contributed by atoms with Crippen LogP contribution in [-0.4, -0.2) is 47.5 Å². The van der Waals surface area contributed by atoms with Gasteiger partial charge in [-0.05, 0) is 27.7 Å². The predicted molar refractivity (Wildman–Crippen MR) is 84.4 cm³/mol. The Hall–Kier alpha value is -2.12. The summed E-state index contributed by atoms with van der Waals surface area (Å²) < 4.78 is 0.